The van der Waals surface area contributed by atoms with E-state index in [-0.39, 0.29) is 5.02 Å². The van der Waals surface area contributed by atoms with Crippen LogP contribution in [0.25, 0.3) is 0 Å². The average Bonchev–Trinajstić information content (AvgIpc) is 2.34. The van der Waals surface area contributed by atoms with E-state index in [1.54, 1.807) is 0 Å². The summed E-state index contributed by atoms with van der Waals surface area (Å²) in [6.07, 6.45) is -1.38. The molecule has 0 aromatic heterocycles. The van der Waals surface area contributed by atoms with Gasteiger partial charge >= 0.3 is 5.97 Å². The minimum absolute atomic E-state index is 0.188. The molecule has 0 fully saturated rings. The molecule has 8 nitrogen and oxygen atoms in total. The maximum absolute atomic E-state index is 11.9. The molecule has 1 rings (SSSR count). The Morgan fingerprint density at radius 3 is 2.50 bits per heavy atom. The van der Waals surface area contributed by atoms with Gasteiger partial charge in [0.15, 0.2) is 6.04 Å². The van der Waals surface area contributed by atoms with E-state index in [0.29, 0.717) is 0 Å². The lowest BCUT2D eigenvalue weighted by atomic mass is 10.1. The van der Waals surface area contributed by atoms with Gasteiger partial charge in [-0.05, 0) is 13.0 Å². The third-order valence-corrected chi connectivity index (χ3v) is 2.77. The van der Waals surface area contributed by atoms with E-state index in [1.807, 2.05) is 5.32 Å². The van der Waals surface area contributed by atoms with Gasteiger partial charge in [0.05, 0.1) is 16.0 Å². The molecule has 3 N–H and O–H groups in total. The van der Waals surface area contributed by atoms with Crippen molar-refractivity contribution in [2.24, 2.45) is 0 Å². The Morgan fingerprint density at radius 1 is 1.45 bits per heavy atom. The Labute approximate surface area is 118 Å². The van der Waals surface area contributed by atoms with E-state index >= 15 is 0 Å². The van der Waals surface area contributed by atoms with Gasteiger partial charge in [-0.3, -0.25) is 14.9 Å². The van der Waals surface area contributed by atoms with Crippen LogP contribution in [0.4, 0.5) is 5.69 Å². The number of hydrogen-bond donors (Lipinski definition) is 3. The number of rotatable bonds is 5. The molecule has 1 aromatic carbocycles. The number of nitro groups is 1. The highest BCUT2D eigenvalue weighted by molar-refractivity contribution is 6.34. The Hall–Kier alpha value is -2.19. The molecule has 20 heavy (non-hydrogen) atoms. The van der Waals surface area contributed by atoms with E-state index in [2.05, 4.69) is 0 Å². The van der Waals surface area contributed by atoms with Gasteiger partial charge in [-0.1, -0.05) is 17.7 Å². The summed E-state index contributed by atoms with van der Waals surface area (Å²) in [6, 6.07) is 2.03. The number of aliphatic carboxylic acids is 1. The second kappa shape index (κ2) is 6.31. The van der Waals surface area contributed by atoms with Crippen LogP contribution < -0.4 is 5.32 Å². The summed E-state index contributed by atoms with van der Waals surface area (Å²) in [4.78, 5) is 32.8. The summed E-state index contributed by atoms with van der Waals surface area (Å²) >= 11 is 5.74. The van der Waals surface area contributed by atoms with Crippen molar-refractivity contribution in [2.75, 3.05) is 0 Å². The van der Waals surface area contributed by atoms with E-state index in [0.717, 1.165) is 6.07 Å². The fraction of sp³-hybridized carbons (Fsp3) is 0.273. The van der Waals surface area contributed by atoms with Crippen molar-refractivity contribution in [3.8, 4) is 0 Å². The van der Waals surface area contributed by atoms with Gasteiger partial charge in [-0.25, -0.2) is 4.79 Å². The second-order valence-electron chi connectivity index (χ2n) is 3.92. The lowest BCUT2D eigenvalue weighted by Crippen LogP contribution is -2.47. The zero-order valence-electron chi connectivity index (χ0n) is 10.2. The number of amides is 1. The molecule has 0 heterocycles. The first-order valence-corrected chi connectivity index (χ1v) is 5.78. The maximum atomic E-state index is 11.9. The smallest absolute Gasteiger partial charge is 0.328 e. The quantitative estimate of drug-likeness (QED) is 0.545. The average molecular weight is 303 g/mol. The number of hydrogen-bond acceptors (Lipinski definition) is 5. The van der Waals surface area contributed by atoms with Gasteiger partial charge in [0.1, 0.15) is 5.56 Å². The molecular weight excluding hydrogens is 292 g/mol. The summed E-state index contributed by atoms with van der Waals surface area (Å²) in [7, 11) is 0. The van der Waals surface area contributed by atoms with Gasteiger partial charge in [0.2, 0.25) is 0 Å². The first-order chi connectivity index (χ1) is 9.25. The number of aliphatic hydroxyl groups excluding tert-OH is 1. The molecule has 9 heteroatoms. The molecule has 0 spiro atoms. The molecule has 1 amide bonds. The van der Waals surface area contributed by atoms with Crippen LogP contribution in [-0.2, 0) is 4.79 Å². The highest BCUT2D eigenvalue weighted by atomic mass is 35.5. The SMILES string of the molecule is C[C@@H](O)[C@H](NC(=O)c1c(Cl)cccc1[N+](=O)[O-])C(=O)O. The molecule has 0 saturated heterocycles. The standard InChI is InChI=1S/C11H11ClN2O6/c1-5(15)9(11(17)18)13-10(16)8-6(12)3-2-4-7(8)14(19)20/h2-5,9,15H,1H3,(H,13,16)(H,17,18)/t5-,9+/m1/s1. The van der Waals surface area contributed by atoms with Crippen molar-refractivity contribution in [1.29, 1.82) is 0 Å². The number of nitrogens with one attached hydrogen (secondary N) is 1. The number of carboxylic acid groups (broad SMARTS) is 1. The van der Waals surface area contributed by atoms with Crippen LogP contribution >= 0.6 is 11.6 Å². The Morgan fingerprint density at radius 2 is 2.05 bits per heavy atom. The highest BCUT2D eigenvalue weighted by Crippen LogP contribution is 2.26. The molecule has 0 aliphatic heterocycles. The molecule has 0 aliphatic rings. The summed E-state index contributed by atoms with van der Waals surface area (Å²) in [5.74, 6) is -2.52. The van der Waals surface area contributed by atoms with Crippen molar-refractivity contribution in [3.63, 3.8) is 0 Å². The molecule has 0 radical (unpaired) electrons. The fourth-order valence-electron chi connectivity index (χ4n) is 1.49. The Kier molecular flexibility index (Phi) is 5.00. The molecule has 108 valence electrons. The van der Waals surface area contributed by atoms with Crippen LogP contribution in [0.3, 0.4) is 0 Å². The van der Waals surface area contributed by atoms with Crippen LogP contribution in [-0.4, -0.2) is 39.2 Å². The van der Waals surface area contributed by atoms with E-state index in [1.165, 1.54) is 19.1 Å². The summed E-state index contributed by atoms with van der Waals surface area (Å²) in [6.45, 7) is 1.17. The number of benzene rings is 1. The predicted octanol–water partition coefficient (Wildman–Crippen LogP) is 0.812. The highest BCUT2D eigenvalue weighted by Gasteiger charge is 2.30. The van der Waals surface area contributed by atoms with Crippen molar-refractivity contribution >= 4 is 29.2 Å². The first kappa shape index (κ1) is 15.9. The monoisotopic (exact) mass is 302 g/mol. The normalized spacial score (nSPS) is 13.3. The van der Waals surface area contributed by atoms with E-state index in [9.17, 15) is 24.8 Å². The van der Waals surface area contributed by atoms with Crippen molar-refractivity contribution < 1.29 is 24.7 Å². The molecule has 0 bridgehead atoms. The zero-order chi connectivity index (χ0) is 15.4. The van der Waals surface area contributed by atoms with Crippen LogP contribution in [0.2, 0.25) is 5.02 Å². The van der Waals surface area contributed by atoms with E-state index < -0.39 is 40.2 Å². The van der Waals surface area contributed by atoms with Crippen molar-refractivity contribution in [1.82, 2.24) is 5.32 Å². The lowest BCUT2D eigenvalue weighted by molar-refractivity contribution is -0.385. The van der Waals surface area contributed by atoms with E-state index in [4.69, 9.17) is 16.7 Å². The van der Waals surface area contributed by atoms with Crippen LogP contribution in [0.1, 0.15) is 17.3 Å². The summed E-state index contributed by atoms with van der Waals surface area (Å²) in [5.41, 5.74) is -1.00. The fourth-order valence-corrected chi connectivity index (χ4v) is 1.75. The Bertz CT molecular complexity index is 560. The molecule has 0 saturated carbocycles. The van der Waals surface area contributed by atoms with Crippen LogP contribution in [0.15, 0.2) is 18.2 Å². The van der Waals surface area contributed by atoms with Crippen molar-refractivity contribution in [2.45, 2.75) is 19.1 Å². The summed E-state index contributed by atoms with van der Waals surface area (Å²) in [5, 5.41) is 30.7. The van der Waals surface area contributed by atoms with Crippen molar-refractivity contribution in [3.05, 3.63) is 38.9 Å². The number of nitrogens with zero attached hydrogens (tertiary/aromatic N) is 1. The largest absolute Gasteiger partial charge is 0.480 e. The van der Waals surface area contributed by atoms with Gasteiger partial charge in [-0.2, -0.15) is 0 Å². The number of carboxylic acids is 1. The topological polar surface area (TPSA) is 130 Å². The number of carbonyl (C=O) groups is 2. The molecule has 1 aromatic rings. The molecule has 0 aliphatic carbocycles. The number of halogens is 1. The number of aliphatic hydroxyl groups is 1. The molecular formula is C11H11ClN2O6. The van der Waals surface area contributed by atoms with Gasteiger partial charge in [0, 0.05) is 6.07 Å². The minimum atomic E-state index is -1.60. The third kappa shape index (κ3) is 3.43. The predicted molar refractivity (Wildman–Crippen MR) is 68.7 cm³/mol. The van der Waals surface area contributed by atoms with Crippen LogP contribution in [0, 0.1) is 10.1 Å². The molecule has 0 unspecified atom stereocenters. The van der Waals surface area contributed by atoms with Gasteiger partial charge in [-0.15, -0.1) is 0 Å². The lowest BCUT2D eigenvalue weighted by Gasteiger charge is -2.17. The molecule has 2 atom stereocenters. The van der Waals surface area contributed by atoms with Gasteiger partial charge in [0.25, 0.3) is 11.6 Å². The summed E-state index contributed by atoms with van der Waals surface area (Å²) < 4.78 is 0. The number of carbonyl (C=O) groups excluding carboxylic acids is 1. The maximum Gasteiger partial charge on any atom is 0.328 e. The first-order valence-electron chi connectivity index (χ1n) is 5.40. The number of nitro benzene ring substituents is 1. The second-order valence-corrected chi connectivity index (χ2v) is 4.33. The minimum Gasteiger partial charge on any atom is -0.480 e. The third-order valence-electron chi connectivity index (χ3n) is 2.45. The zero-order valence-corrected chi connectivity index (χ0v) is 11.0. The van der Waals surface area contributed by atoms with Gasteiger partial charge < -0.3 is 15.5 Å². The van der Waals surface area contributed by atoms with Crippen LogP contribution in [0.5, 0.6) is 0 Å². The Balaban J connectivity index is 3.15.